The van der Waals surface area contributed by atoms with Crippen molar-refractivity contribution < 1.29 is 9.47 Å². The summed E-state index contributed by atoms with van der Waals surface area (Å²) < 4.78 is 13.5. The van der Waals surface area contributed by atoms with Crippen LogP contribution in [0.5, 0.6) is 11.5 Å². The van der Waals surface area contributed by atoms with E-state index in [4.69, 9.17) is 9.47 Å². The zero-order valence-corrected chi connectivity index (χ0v) is 20.3. The van der Waals surface area contributed by atoms with E-state index in [2.05, 4.69) is 54.6 Å². The van der Waals surface area contributed by atoms with Crippen LogP contribution in [0.25, 0.3) is 22.7 Å². The zero-order chi connectivity index (χ0) is 21.8. The molecule has 0 radical (unpaired) electrons. The maximum atomic E-state index is 9.71. The Labute approximate surface area is 202 Å². The van der Waals surface area contributed by atoms with Crippen molar-refractivity contribution in [2.75, 3.05) is 7.11 Å². The first-order chi connectivity index (χ1) is 15.1. The van der Waals surface area contributed by atoms with Crippen molar-refractivity contribution in [3.63, 3.8) is 0 Å². The molecule has 1 heterocycles. The number of allylic oxidation sites excluding steroid dienone is 1. The van der Waals surface area contributed by atoms with E-state index in [0.717, 1.165) is 30.2 Å². The number of methoxy groups -OCH3 is 1. The van der Waals surface area contributed by atoms with Gasteiger partial charge in [0.2, 0.25) is 0 Å². The standard InChI is InChI=1S/C24H17BrIN3O2/c1-30-22-12-16(10-17(13-27)24-28-20-4-2-3-5-21(20)29-24)11-19(26)23(22)31-14-15-6-8-18(25)9-7-15/h2-12H,14H2,1H3,(H,28,29)/b17-10-. The molecule has 1 N–H and O–H groups in total. The lowest BCUT2D eigenvalue weighted by atomic mass is 10.1. The maximum Gasteiger partial charge on any atom is 0.174 e. The fraction of sp³-hybridized carbons (Fsp3) is 0.0833. The fourth-order valence-electron chi connectivity index (χ4n) is 3.10. The average molecular weight is 586 g/mol. The van der Waals surface area contributed by atoms with E-state index >= 15 is 0 Å². The van der Waals surface area contributed by atoms with Crippen LogP contribution in [0.4, 0.5) is 0 Å². The molecule has 7 heteroatoms. The van der Waals surface area contributed by atoms with Gasteiger partial charge in [-0.15, -0.1) is 0 Å². The predicted molar refractivity (Wildman–Crippen MR) is 134 cm³/mol. The SMILES string of the molecule is COc1cc(/C=C(/C#N)c2nc3ccccc3[nH]2)cc(I)c1OCc1ccc(Br)cc1. The Balaban J connectivity index is 1.63. The lowest BCUT2D eigenvalue weighted by Gasteiger charge is -2.14. The number of rotatable bonds is 6. The van der Waals surface area contributed by atoms with Crippen molar-refractivity contribution in [3.8, 4) is 17.6 Å². The largest absolute Gasteiger partial charge is 0.493 e. The molecule has 4 rings (SSSR count). The van der Waals surface area contributed by atoms with Gasteiger partial charge >= 0.3 is 0 Å². The molecule has 1 aromatic heterocycles. The maximum absolute atomic E-state index is 9.71. The predicted octanol–water partition coefficient (Wildman–Crippen LogP) is 6.58. The van der Waals surface area contributed by atoms with Crippen LogP contribution in [0.1, 0.15) is 17.0 Å². The third kappa shape index (κ3) is 4.92. The summed E-state index contributed by atoms with van der Waals surface area (Å²) in [4.78, 5) is 7.73. The lowest BCUT2D eigenvalue weighted by molar-refractivity contribution is 0.282. The molecule has 3 aromatic carbocycles. The van der Waals surface area contributed by atoms with E-state index in [0.29, 0.717) is 29.5 Å². The van der Waals surface area contributed by atoms with Crippen LogP contribution >= 0.6 is 38.5 Å². The molecule has 0 aliphatic heterocycles. The van der Waals surface area contributed by atoms with Crippen LogP contribution in [-0.2, 0) is 6.61 Å². The van der Waals surface area contributed by atoms with Crippen LogP contribution in [0.3, 0.4) is 0 Å². The molecule has 0 amide bonds. The molecule has 0 saturated heterocycles. The number of aromatic amines is 1. The van der Waals surface area contributed by atoms with Crippen molar-refractivity contribution in [1.29, 1.82) is 5.26 Å². The number of halogens is 2. The summed E-state index contributed by atoms with van der Waals surface area (Å²) in [7, 11) is 1.61. The quantitative estimate of drug-likeness (QED) is 0.205. The van der Waals surface area contributed by atoms with E-state index in [1.54, 1.807) is 13.2 Å². The summed E-state index contributed by atoms with van der Waals surface area (Å²) in [6.45, 7) is 0.428. The normalized spacial score (nSPS) is 11.4. The van der Waals surface area contributed by atoms with Crippen molar-refractivity contribution in [3.05, 3.63) is 85.7 Å². The Kier molecular flexibility index (Phi) is 6.59. The van der Waals surface area contributed by atoms with Gasteiger partial charge in [-0.05, 0) is 76.2 Å². The molecular formula is C24H17BrIN3O2. The Morgan fingerprint density at radius 3 is 2.68 bits per heavy atom. The molecule has 0 aliphatic rings. The smallest absolute Gasteiger partial charge is 0.174 e. The summed E-state index contributed by atoms with van der Waals surface area (Å²) in [5.74, 6) is 1.82. The minimum absolute atomic E-state index is 0.428. The molecule has 0 atom stereocenters. The third-order valence-electron chi connectivity index (χ3n) is 4.62. The third-order valence-corrected chi connectivity index (χ3v) is 5.95. The highest BCUT2D eigenvalue weighted by atomic mass is 127. The van der Waals surface area contributed by atoms with Crippen molar-refractivity contribution in [2.24, 2.45) is 0 Å². The molecule has 31 heavy (non-hydrogen) atoms. The van der Waals surface area contributed by atoms with Crippen LogP contribution in [0.2, 0.25) is 0 Å². The minimum atomic E-state index is 0.428. The van der Waals surface area contributed by atoms with E-state index in [1.165, 1.54) is 0 Å². The second-order valence-electron chi connectivity index (χ2n) is 6.72. The van der Waals surface area contributed by atoms with Gasteiger partial charge in [-0.25, -0.2) is 4.98 Å². The van der Waals surface area contributed by atoms with Gasteiger partial charge in [-0.2, -0.15) is 5.26 Å². The minimum Gasteiger partial charge on any atom is -0.493 e. The lowest BCUT2D eigenvalue weighted by Crippen LogP contribution is -2.00. The van der Waals surface area contributed by atoms with Gasteiger partial charge in [0.25, 0.3) is 0 Å². The summed E-state index contributed by atoms with van der Waals surface area (Å²) >= 11 is 5.66. The van der Waals surface area contributed by atoms with E-state index in [1.807, 2.05) is 60.7 Å². The number of ether oxygens (including phenoxy) is 2. The van der Waals surface area contributed by atoms with Gasteiger partial charge < -0.3 is 14.5 Å². The highest BCUT2D eigenvalue weighted by molar-refractivity contribution is 14.1. The molecule has 5 nitrogen and oxygen atoms in total. The van der Waals surface area contributed by atoms with Crippen molar-refractivity contribution >= 4 is 61.2 Å². The van der Waals surface area contributed by atoms with Gasteiger partial charge in [-0.3, -0.25) is 0 Å². The number of hydrogen-bond acceptors (Lipinski definition) is 4. The number of nitrogens with zero attached hydrogens (tertiary/aromatic N) is 2. The molecule has 0 saturated carbocycles. The average Bonchev–Trinajstić information content (AvgIpc) is 3.21. The van der Waals surface area contributed by atoms with Gasteiger partial charge in [0.05, 0.1) is 27.3 Å². The molecule has 0 aliphatic carbocycles. The highest BCUT2D eigenvalue weighted by Crippen LogP contribution is 2.35. The number of imidazole rings is 1. The summed E-state index contributed by atoms with van der Waals surface area (Å²) in [6.07, 6.45) is 1.79. The number of H-pyrrole nitrogens is 1. The molecular weight excluding hydrogens is 569 g/mol. The molecule has 0 spiro atoms. The van der Waals surface area contributed by atoms with Gasteiger partial charge in [-0.1, -0.05) is 40.2 Å². The number of nitriles is 1. The van der Waals surface area contributed by atoms with E-state index in [9.17, 15) is 5.26 Å². The first-order valence-electron chi connectivity index (χ1n) is 9.39. The molecule has 0 bridgehead atoms. The van der Waals surface area contributed by atoms with Crippen LogP contribution in [-0.4, -0.2) is 17.1 Å². The van der Waals surface area contributed by atoms with Gasteiger partial charge in [0, 0.05) is 4.47 Å². The summed E-state index contributed by atoms with van der Waals surface area (Å²) in [6, 6.07) is 21.7. The Morgan fingerprint density at radius 2 is 1.97 bits per heavy atom. The fourth-order valence-corrected chi connectivity index (χ4v) is 4.15. The first-order valence-corrected chi connectivity index (χ1v) is 11.3. The number of para-hydroxylation sites is 2. The first kappa shape index (κ1) is 21.4. The second-order valence-corrected chi connectivity index (χ2v) is 8.80. The number of benzene rings is 3. The number of aromatic nitrogens is 2. The van der Waals surface area contributed by atoms with E-state index < -0.39 is 0 Å². The molecule has 4 aromatic rings. The van der Waals surface area contributed by atoms with Crippen molar-refractivity contribution in [1.82, 2.24) is 9.97 Å². The van der Waals surface area contributed by atoms with Crippen molar-refractivity contribution in [2.45, 2.75) is 6.61 Å². The van der Waals surface area contributed by atoms with Gasteiger partial charge in [0.15, 0.2) is 11.5 Å². The second kappa shape index (κ2) is 9.54. The number of fused-ring (bicyclic) bond motifs is 1. The molecule has 0 unspecified atom stereocenters. The number of hydrogen-bond donors (Lipinski definition) is 1. The van der Waals surface area contributed by atoms with Crippen LogP contribution < -0.4 is 9.47 Å². The number of nitrogens with one attached hydrogen (secondary N) is 1. The monoisotopic (exact) mass is 585 g/mol. The molecule has 0 fully saturated rings. The topological polar surface area (TPSA) is 70.9 Å². The summed E-state index contributed by atoms with van der Waals surface area (Å²) in [5.41, 5.74) is 4.04. The van der Waals surface area contributed by atoms with Gasteiger partial charge in [0.1, 0.15) is 18.5 Å². The summed E-state index contributed by atoms with van der Waals surface area (Å²) in [5, 5.41) is 9.71. The van der Waals surface area contributed by atoms with E-state index in [-0.39, 0.29) is 0 Å². The Bertz CT molecular complexity index is 1270. The molecule has 154 valence electrons. The Hall–Kier alpha value is -2.83. The van der Waals surface area contributed by atoms with Crippen LogP contribution in [0.15, 0.2) is 65.1 Å². The Morgan fingerprint density at radius 1 is 1.19 bits per heavy atom. The highest BCUT2D eigenvalue weighted by Gasteiger charge is 2.13. The van der Waals surface area contributed by atoms with Crippen LogP contribution in [0, 0.1) is 14.9 Å². The zero-order valence-electron chi connectivity index (χ0n) is 16.5.